The second-order valence-electron chi connectivity index (χ2n) is 4.62. The summed E-state index contributed by atoms with van der Waals surface area (Å²) < 4.78 is 12.9. The molecule has 1 aromatic rings. The zero-order valence-corrected chi connectivity index (χ0v) is 10.3. The van der Waals surface area contributed by atoms with Gasteiger partial charge in [0.05, 0.1) is 5.60 Å². The Morgan fingerprint density at radius 1 is 1.41 bits per heavy atom. The van der Waals surface area contributed by atoms with E-state index in [-0.39, 0.29) is 11.6 Å². The van der Waals surface area contributed by atoms with Crippen molar-refractivity contribution in [2.45, 2.75) is 38.8 Å². The van der Waals surface area contributed by atoms with Gasteiger partial charge >= 0.3 is 0 Å². The molecular weight excluding hydrogens is 221 g/mol. The third kappa shape index (κ3) is 4.71. The molecular formula is C13H20FNO2. The summed E-state index contributed by atoms with van der Waals surface area (Å²) in [5, 5.41) is 22.4. The van der Waals surface area contributed by atoms with Crippen LogP contribution in [0.3, 0.4) is 0 Å². The van der Waals surface area contributed by atoms with Crippen molar-refractivity contribution in [3.8, 4) is 5.75 Å². The number of rotatable bonds is 6. The molecule has 0 saturated carbocycles. The summed E-state index contributed by atoms with van der Waals surface area (Å²) in [6.45, 7) is 4.52. The van der Waals surface area contributed by atoms with Gasteiger partial charge in [-0.3, -0.25) is 0 Å². The molecule has 3 N–H and O–H groups in total. The van der Waals surface area contributed by atoms with Crippen molar-refractivity contribution in [1.82, 2.24) is 5.32 Å². The van der Waals surface area contributed by atoms with E-state index in [9.17, 15) is 14.6 Å². The smallest absolute Gasteiger partial charge is 0.123 e. The molecule has 0 fully saturated rings. The number of phenols is 1. The normalized spacial score (nSPS) is 14.6. The third-order valence-corrected chi connectivity index (χ3v) is 2.65. The fourth-order valence-corrected chi connectivity index (χ4v) is 1.79. The number of nitrogens with one attached hydrogen (secondary N) is 1. The molecule has 0 aliphatic heterocycles. The molecule has 0 radical (unpaired) electrons. The van der Waals surface area contributed by atoms with Gasteiger partial charge < -0.3 is 15.5 Å². The zero-order valence-electron chi connectivity index (χ0n) is 10.3. The number of halogens is 1. The summed E-state index contributed by atoms with van der Waals surface area (Å²) in [4.78, 5) is 0. The van der Waals surface area contributed by atoms with Crippen molar-refractivity contribution in [3.05, 3.63) is 29.6 Å². The van der Waals surface area contributed by atoms with Gasteiger partial charge in [-0.15, -0.1) is 0 Å². The van der Waals surface area contributed by atoms with Crippen LogP contribution in [0.5, 0.6) is 5.75 Å². The molecule has 0 heterocycles. The standard InChI is InChI=1S/C13H20FNO2/c1-3-6-13(2,17)9-15-8-10-7-11(14)4-5-12(10)16/h4-5,7,15-17H,3,6,8-9H2,1-2H3. The van der Waals surface area contributed by atoms with Gasteiger partial charge in [-0.1, -0.05) is 13.3 Å². The average Bonchev–Trinajstić information content (AvgIpc) is 2.23. The van der Waals surface area contributed by atoms with E-state index in [0.717, 1.165) is 6.42 Å². The van der Waals surface area contributed by atoms with E-state index < -0.39 is 5.60 Å². The molecule has 0 aliphatic rings. The van der Waals surface area contributed by atoms with Crippen molar-refractivity contribution in [2.75, 3.05) is 6.54 Å². The minimum Gasteiger partial charge on any atom is -0.508 e. The first kappa shape index (κ1) is 13.9. The molecule has 0 spiro atoms. The van der Waals surface area contributed by atoms with E-state index in [0.29, 0.717) is 25.1 Å². The van der Waals surface area contributed by atoms with Crippen LogP contribution < -0.4 is 5.32 Å². The Bertz CT molecular complexity index is 366. The highest BCUT2D eigenvalue weighted by Crippen LogP contribution is 2.18. The molecule has 17 heavy (non-hydrogen) atoms. The Kier molecular flexibility index (Phi) is 4.90. The lowest BCUT2D eigenvalue weighted by atomic mass is 10.0. The highest BCUT2D eigenvalue weighted by Gasteiger charge is 2.18. The lowest BCUT2D eigenvalue weighted by molar-refractivity contribution is 0.0497. The minimum atomic E-state index is -0.766. The predicted molar refractivity (Wildman–Crippen MR) is 65.3 cm³/mol. The van der Waals surface area contributed by atoms with Crippen molar-refractivity contribution in [3.63, 3.8) is 0 Å². The zero-order chi connectivity index (χ0) is 12.9. The van der Waals surface area contributed by atoms with E-state index in [1.54, 1.807) is 6.92 Å². The molecule has 1 unspecified atom stereocenters. The fourth-order valence-electron chi connectivity index (χ4n) is 1.79. The Balaban J connectivity index is 2.48. The number of phenolic OH excluding ortho intramolecular Hbond substituents is 1. The third-order valence-electron chi connectivity index (χ3n) is 2.65. The van der Waals surface area contributed by atoms with Crippen LogP contribution in [0.15, 0.2) is 18.2 Å². The Labute approximate surface area is 101 Å². The van der Waals surface area contributed by atoms with Gasteiger partial charge in [-0.2, -0.15) is 0 Å². The predicted octanol–water partition coefficient (Wildman–Crippen LogP) is 2.17. The van der Waals surface area contributed by atoms with Gasteiger partial charge in [-0.25, -0.2) is 4.39 Å². The highest BCUT2D eigenvalue weighted by atomic mass is 19.1. The summed E-state index contributed by atoms with van der Waals surface area (Å²) in [6, 6.07) is 3.83. The van der Waals surface area contributed by atoms with Crippen molar-refractivity contribution in [1.29, 1.82) is 0 Å². The minimum absolute atomic E-state index is 0.0639. The second kappa shape index (κ2) is 5.98. The van der Waals surface area contributed by atoms with Gasteiger partial charge in [0.15, 0.2) is 0 Å². The molecule has 0 bridgehead atoms. The quantitative estimate of drug-likeness (QED) is 0.715. The molecule has 1 aromatic carbocycles. The summed E-state index contributed by atoms with van der Waals surface area (Å²) in [5.41, 5.74) is -0.269. The highest BCUT2D eigenvalue weighted by molar-refractivity contribution is 5.32. The molecule has 1 atom stereocenters. The van der Waals surface area contributed by atoms with Crippen LogP contribution in [0.4, 0.5) is 4.39 Å². The van der Waals surface area contributed by atoms with Crippen LogP contribution in [0, 0.1) is 5.82 Å². The lowest BCUT2D eigenvalue weighted by Crippen LogP contribution is -2.37. The Hall–Kier alpha value is -1.13. The van der Waals surface area contributed by atoms with E-state index in [1.807, 2.05) is 6.92 Å². The maximum absolute atomic E-state index is 12.9. The summed E-state index contributed by atoms with van der Waals surface area (Å²) in [5.74, 6) is -0.311. The first-order valence-corrected chi connectivity index (χ1v) is 5.85. The molecule has 0 aromatic heterocycles. The van der Waals surface area contributed by atoms with Crippen molar-refractivity contribution in [2.24, 2.45) is 0 Å². The molecule has 96 valence electrons. The van der Waals surface area contributed by atoms with E-state index in [1.165, 1.54) is 18.2 Å². The lowest BCUT2D eigenvalue weighted by Gasteiger charge is -2.23. The van der Waals surface area contributed by atoms with Gasteiger partial charge in [-0.05, 0) is 31.5 Å². The van der Waals surface area contributed by atoms with E-state index in [2.05, 4.69) is 5.32 Å². The monoisotopic (exact) mass is 241 g/mol. The van der Waals surface area contributed by atoms with Gasteiger partial charge in [0.25, 0.3) is 0 Å². The number of aromatic hydroxyl groups is 1. The van der Waals surface area contributed by atoms with Gasteiger partial charge in [0.1, 0.15) is 11.6 Å². The number of benzene rings is 1. The van der Waals surface area contributed by atoms with Gasteiger partial charge in [0.2, 0.25) is 0 Å². The van der Waals surface area contributed by atoms with Crippen LogP contribution in [-0.2, 0) is 6.54 Å². The topological polar surface area (TPSA) is 52.5 Å². The van der Waals surface area contributed by atoms with Crippen molar-refractivity contribution < 1.29 is 14.6 Å². The van der Waals surface area contributed by atoms with Crippen LogP contribution in [-0.4, -0.2) is 22.4 Å². The van der Waals surface area contributed by atoms with Crippen LogP contribution >= 0.6 is 0 Å². The van der Waals surface area contributed by atoms with Crippen LogP contribution in [0.1, 0.15) is 32.3 Å². The molecule has 0 saturated heterocycles. The van der Waals surface area contributed by atoms with Gasteiger partial charge in [0, 0.05) is 18.7 Å². The maximum Gasteiger partial charge on any atom is 0.123 e. The average molecular weight is 241 g/mol. The summed E-state index contributed by atoms with van der Waals surface area (Å²) in [7, 11) is 0. The molecule has 0 amide bonds. The number of hydrogen-bond donors (Lipinski definition) is 3. The SMILES string of the molecule is CCCC(C)(O)CNCc1cc(F)ccc1O. The molecule has 0 aliphatic carbocycles. The van der Waals surface area contributed by atoms with Crippen LogP contribution in [0.25, 0.3) is 0 Å². The second-order valence-corrected chi connectivity index (χ2v) is 4.62. The first-order valence-electron chi connectivity index (χ1n) is 5.85. The van der Waals surface area contributed by atoms with Crippen molar-refractivity contribution >= 4 is 0 Å². The number of aliphatic hydroxyl groups is 1. The van der Waals surface area contributed by atoms with E-state index >= 15 is 0 Å². The summed E-state index contributed by atoms with van der Waals surface area (Å²) in [6.07, 6.45) is 1.61. The Morgan fingerprint density at radius 3 is 2.76 bits per heavy atom. The molecule has 4 heteroatoms. The molecule has 1 rings (SSSR count). The summed E-state index contributed by atoms with van der Waals surface area (Å²) >= 11 is 0. The maximum atomic E-state index is 12.9. The first-order chi connectivity index (χ1) is 7.94. The van der Waals surface area contributed by atoms with E-state index in [4.69, 9.17) is 0 Å². The fraction of sp³-hybridized carbons (Fsp3) is 0.538. The largest absolute Gasteiger partial charge is 0.508 e. The molecule has 3 nitrogen and oxygen atoms in total. The van der Waals surface area contributed by atoms with Crippen LogP contribution in [0.2, 0.25) is 0 Å². The Morgan fingerprint density at radius 2 is 2.12 bits per heavy atom. The number of hydrogen-bond acceptors (Lipinski definition) is 3.